The van der Waals surface area contributed by atoms with Gasteiger partial charge in [0.05, 0.1) is 0 Å². The van der Waals surface area contributed by atoms with Crippen LogP contribution in [0.3, 0.4) is 0 Å². The number of hydrogen-bond acceptors (Lipinski definition) is 4. The molecule has 0 aromatic carbocycles. The highest BCUT2D eigenvalue weighted by atomic mass is 32.1. The van der Waals surface area contributed by atoms with Gasteiger partial charge in [0.25, 0.3) is 0 Å². The maximum absolute atomic E-state index is 12.8. The number of carbonyl (C=O) groups is 1. The van der Waals surface area contributed by atoms with Crippen LogP contribution in [-0.4, -0.2) is 55.0 Å². The van der Waals surface area contributed by atoms with Gasteiger partial charge in [-0.3, -0.25) is 9.69 Å². The first kappa shape index (κ1) is 13.1. The molecule has 104 valence electrons. The van der Waals surface area contributed by atoms with Gasteiger partial charge in [-0.1, -0.05) is 6.07 Å². The average Bonchev–Trinajstić information content (AvgIpc) is 3.13. The van der Waals surface area contributed by atoms with Gasteiger partial charge in [0.1, 0.15) is 6.04 Å². The average molecular weight is 279 g/mol. The van der Waals surface area contributed by atoms with Gasteiger partial charge in [0, 0.05) is 44.1 Å². The van der Waals surface area contributed by atoms with Gasteiger partial charge >= 0.3 is 0 Å². The largest absolute Gasteiger partial charge is 0.341 e. The molecule has 0 saturated carbocycles. The fourth-order valence-corrected chi connectivity index (χ4v) is 3.81. The molecule has 19 heavy (non-hydrogen) atoms. The van der Waals surface area contributed by atoms with Crippen LogP contribution in [0.4, 0.5) is 0 Å². The summed E-state index contributed by atoms with van der Waals surface area (Å²) >= 11 is 1.70. The normalized spacial score (nSPS) is 22.6. The van der Waals surface area contributed by atoms with Gasteiger partial charge in [0.15, 0.2) is 0 Å². The molecule has 1 aromatic heterocycles. The Morgan fingerprint density at radius 3 is 2.58 bits per heavy atom. The molecule has 0 radical (unpaired) electrons. The summed E-state index contributed by atoms with van der Waals surface area (Å²) in [5.74, 6) is 0.307. The third-order valence-corrected chi connectivity index (χ3v) is 4.91. The number of carbonyl (C=O) groups excluding carboxylic acids is 1. The van der Waals surface area contributed by atoms with Crippen molar-refractivity contribution in [1.29, 1.82) is 0 Å². The molecule has 2 saturated heterocycles. The van der Waals surface area contributed by atoms with E-state index < -0.39 is 0 Å². The van der Waals surface area contributed by atoms with Crippen molar-refractivity contribution >= 4 is 17.2 Å². The minimum Gasteiger partial charge on any atom is -0.341 e. The van der Waals surface area contributed by atoms with Crippen LogP contribution >= 0.6 is 11.3 Å². The lowest BCUT2D eigenvalue weighted by atomic mass is 10.1. The van der Waals surface area contributed by atoms with Gasteiger partial charge in [-0.25, -0.2) is 0 Å². The second-order valence-corrected chi connectivity index (χ2v) is 6.22. The minimum atomic E-state index is -0.0554. The van der Waals surface area contributed by atoms with Crippen LogP contribution in [0.5, 0.6) is 0 Å². The Morgan fingerprint density at radius 1 is 1.21 bits per heavy atom. The Labute approximate surface area is 118 Å². The highest BCUT2D eigenvalue weighted by Gasteiger charge is 2.33. The van der Waals surface area contributed by atoms with Gasteiger partial charge in [-0.15, -0.1) is 11.3 Å². The number of piperazine rings is 1. The molecule has 1 amide bonds. The van der Waals surface area contributed by atoms with Crippen molar-refractivity contribution in [2.45, 2.75) is 18.9 Å². The van der Waals surface area contributed by atoms with Gasteiger partial charge < -0.3 is 10.2 Å². The van der Waals surface area contributed by atoms with Crippen LogP contribution in [0.1, 0.15) is 23.8 Å². The third kappa shape index (κ3) is 2.83. The number of thiophene rings is 1. The van der Waals surface area contributed by atoms with Crippen LogP contribution in [0, 0.1) is 0 Å². The highest BCUT2D eigenvalue weighted by molar-refractivity contribution is 7.10. The summed E-state index contributed by atoms with van der Waals surface area (Å²) < 4.78 is 0. The van der Waals surface area contributed by atoms with Crippen molar-refractivity contribution in [2.24, 2.45) is 0 Å². The van der Waals surface area contributed by atoms with Crippen LogP contribution < -0.4 is 5.32 Å². The second kappa shape index (κ2) is 6.03. The van der Waals surface area contributed by atoms with E-state index in [9.17, 15) is 4.79 Å². The zero-order chi connectivity index (χ0) is 13.1. The first-order valence-corrected chi connectivity index (χ1v) is 8.01. The summed E-state index contributed by atoms with van der Waals surface area (Å²) in [5.41, 5.74) is 0. The fourth-order valence-electron chi connectivity index (χ4n) is 2.96. The molecule has 0 aliphatic carbocycles. The van der Waals surface area contributed by atoms with E-state index in [1.54, 1.807) is 11.3 Å². The molecule has 1 aromatic rings. The Kier molecular flexibility index (Phi) is 4.15. The molecule has 3 rings (SSSR count). The molecule has 0 bridgehead atoms. The van der Waals surface area contributed by atoms with E-state index in [4.69, 9.17) is 0 Å². The lowest BCUT2D eigenvalue weighted by Gasteiger charge is -2.35. The SMILES string of the molecule is O=C(C(c1cccs1)N1CCNCC1)N1CCCC1. The molecule has 1 atom stereocenters. The maximum Gasteiger partial charge on any atom is 0.245 e. The van der Waals surface area contributed by atoms with Gasteiger partial charge in [-0.2, -0.15) is 0 Å². The molecule has 1 unspecified atom stereocenters. The molecule has 2 fully saturated rings. The number of hydrogen-bond donors (Lipinski definition) is 1. The number of likely N-dealkylation sites (tertiary alicyclic amines) is 1. The summed E-state index contributed by atoms with van der Waals surface area (Å²) in [5, 5.41) is 5.43. The first-order valence-electron chi connectivity index (χ1n) is 7.13. The van der Waals surface area contributed by atoms with Crippen molar-refractivity contribution in [3.8, 4) is 0 Å². The number of nitrogens with one attached hydrogen (secondary N) is 1. The van der Waals surface area contributed by atoms with E-state index in [-0.39, 0.29) is 6.04 Å². The number of amides is 1. The zero-order valence-corrected chi connectivity index (χ0v) is 12.0. The molecule has 3 heterocycles. The monoisotopic (exact) mass is 279 g/mol. The zero-order valence-electron chi connectivity index (χ0n) is 11.2. The minimum absolute atomic E-state index is 0.0554. The summed E-state index contributed by atoms with van der Waals surface area (Å²) in [6, 6.07) is 4.10. The third-order valence-electron chi connectivity index (χ3n) is 3.98. The summed E-state index contributed by atoms with van der Waals surface area (Å²) in [6.07, 6.45) is 2.31. The summed E-state index contributed by atoms with van der Waals surface area (Å²) in [4.78, 5) is 18.4. The van der Waals surface area contributed by atoms with E-state index in [2.05, 4.69) is 21.7 Å². The molecule has 0 spiro atoms. The van der Waals surface area contributed by atoms with Crippen molar-refractivity contribution in [3.63, 3.8) is 0 Å². The Morgan fingerprint density at radius 2 is 1.95 bits per heavy atom. The molecular formula is C14H21N3OS. The highest BCUT2D eigenvalue weighted by Crippen LogP contribution is 2.28. The van der Waals surface area contributed by atoms with Crippen molar-refractivity contribution in [2.75, 3.05) is 39.3 Å². The molecule has 5 heteroatoms. The van der Waals surface area contributed by atoms with E-state index >= 15 is 0 Å². The van der Waals surface area contributed by atoms with E-state index in [1.807, 2.05) is 11.0 Å². The van der Waals surface area contributed by atoms with Crippen LogP contribution in [0.25, 0.3) is 0 Å². The fraction of sp³-hybridized carbons (Fsp3) is 0.643. The van der Waals surface area contributed by atoms with Crippen LogP contribution in [-0.2, 0) is 4.79 Å². The molecule has 1 N–H and O–H groups in total. The van der Waals surface area contributed by atoms with Crippen molar-refractivity contribution in [1.82, 2.24) is 15.1 Å². The number of rotatable bonds is 3. The van der Waals surface area contributed by atoms with Crippen LogP contribution in [0.2, 0.25) is 0 Å². The molecular weight excluding hydrogens is 258 g/mol. The maximum atomic E-state index is 12.8. The van der Waals surface area contributed by atoms with E-state index in [0.29, 0.717) is 5.91 Å². The quantitative estimate of drug-likeness (QED) is 0.906. The first-order chi connectivity index (χ1) is 9.36. The van der Waals surface area contributed by atoms with E-state index in [1.165, 1.54) is 4.88 Å². The van der Waals surface area contributed by atoms with Gasteiger partial charge in [0.2, 0.25) is 5.91 Å². The topological polar surface area (TPSA) is 35.6 Å². The lowest BCUT2D eigenvalue weighted by Crippen LogP contribution is -2.49. The lowest BCUT2D eigenvalue weighted by molar-refractivity contribution is -0.136. The van der Waals surface area contributed by atoms with Crippen LogP contribution in [0.15, 0.2) is 17.5 Å². The summed E-state index contributed by atoms with van der Waals surface area (Å²) in [6.45, 7) is 5.76. The predicted molar refractivity (Wildman–Crippen MR) is 77.3 cm³/mol. The predicted octanol–water partition coefficient (Wildman–Crippen LogP) is 1.32. The second-order valence-electron chi connectivity index (χ2n) is 5.24. The Balaban J connectivity index is 1.80. The number of nitrogens with zero attached hydrogens (tertiary/aromatic N) is 2. The van der Waals surface area contributed by atoms with E-state index in [0.717, 1.165) is 52.1 Å². The Bertz CT molecular complexity index is 408. The molecule has 4 nitrogen and oxygen atoms in total. The van der Waals surface area contributed by atoms with Crippen molar-refractivity contribution in [3.05, 3.63) is 22.4 Å². The summed E-state index contributed by atoms with van der Waals surface area (Å²) in [7, 11) is 0. The standard InChI is InChI=1S/C14H21N3OS/c18-14(17-7-1-2-8-17)13(12-4-3-11-19-12)16-9-5-15-6-10-16/h3-4,11,13,15H,1-2,5-10H2. The smallest absolute Gasteiger partial charge is 0.245 e. The molecule has 2 aliphatic rings. The van der Waals surface area contributed by atoms with Crippen molar-refractivity contribution < 1.29 is 4.79 Å². The van der Waals surface area contributed by atoms with Gasteiger partial charge in [-0.05, 0) is 24.3 Å². The molecule has 2 aliphatic heterocycles. The Hall–Kier alpha value is -0.910.